The zero-order chi connectivity index (χ0) is 41.9. The van der Waals surface area contributed by atoms with Crippen LogP contribution in [0.3, 0.4) is 0 Å². The molecule has 0 unspecified atom stereocenters. The predicted molar refractivity (Wildman–Crippen MR) is 229 cm³/mol. The van der Waals surface area contributed by atoms with Gasteiger partial charge >= 0.3 is 6.09 Å². The van der Waals surface area contributed by atoms with Crippen LogP contribution in [0.1, 0.15) is 85.5 Å². The summed E-state index contributed by atoms with van der Waals surface area (Å²) < 4.78 is 4.83. The van der Waals surface area contributed by atoms with Gasteiger partial charge in [0, 0.05) is 19.0 Å². The number of carbonyl (C=O) groups excluding carboxylic acids is 4. The van der Waals surface area contributed by atoms with Gasteiger partial charge in [0.05, 0.1) is 43.0 Å². The van der Waals surface area contributed by atoms with E-state index in [0.717, 1.165) is 83.6 Å². The van der Waals surface area contributed by atoms with Crippen molar-refractivity contribution in [1.29, 1.82) is 0 Å². The normalized spacial score (nSPS) is 18.4. The molecule has 4 atom stereocenters. The van der Waals surface area contributed by atoms with Crippen LogP contribution in [0.5, 0.6) is 0 Å². The standard InChI is InChI=1S/C48H48N8O5/c1-61-48(60)54-42(35-12-6-3-7-13-35)47(59)56-27-9-15-40(56)44-50-29-38(52-44)33-22-18-31(19-23-33)30-16-20-32(21-17-30)37-28-49-43(51-37)39-14-8-26-55(39)46(58)41(34-10-4-2-5-11-34)53-45(57)36-24-25-36/h2-7,10-13,16-23,28-29,36,39-42H,8-9,14-15,24-27H2,1H3,(H,49,51)(H,50,52)(H,53,57)(H,54,60)/t39-,40-,41+,42+/m0/s1. The number of ether oxygens (including phenoxy) is 1. The van der Waals surface area contributed by atoms with Crippen molar-refractivity contribution in [3.05, 3.63) is 144 Å². The summed E-state index contributed by atoms with van der Waals surface area (Å²) in [5.41, 5.74) is 7.24. The van der Waals surface area contributed by atoms with Gasteiger partial charge in [0.1, 0.15) is 23.7 Å². The average Bonchev–Trinajstić information content (AvgIpc) is 3.75. The summed E-state index contributed by atoms with van der Waals surface area (Å²) >= 11 is 0. The van der Waals surface area contributed by atoms with Gasteiger partial charge in [0.2, 0.25) is 11.8 Å². The maximum atomic E-state index is 14.1. The maximum absolute atomic E-state index is 14.1. The molecule has 0 radical (unpaired) electrons. The number of carbonyl (C=O) groups is 4. The highest BCUT2D eigenvalue weighted by molar-refractivity contribution is 5.91. The summed E-state index contributed by atoms with van der Waals surface area (Å²) in [6.45, 7) is 1.16. The number of alkyl carbamates (subject to hydrolysis) is 1. The van der Waals surface area contributed by atoms with Gasteiger partial charge in [-0.2, -0.15) is 0 Å². The molecule has 6 aromatic rings. The predicted octanol–water partition coefficient (Wildman–Crippen LogP) is 7.83. The Morgan fingerprint density at radius 3 is 1.44 bits per heavy atom. The zero-order valence-electron chi connectivity index (χ0n) is 33.9. The third kappa shape index (κ3) is 8.41. The molecule has 310 valence electrons. The first-order valence-corrected chi connectivity index (χ1v) is 21.0. The second-order valence-corrected chi connectivity index (χ2v) is 16.0. The Morgan fingerprint density at radius 1 is 0.590 bits per heavy atom. The summed E-state index contributed by atoms with van der Waals surface area (Å²) in [4.78, 5) is 73.1. The number of hydrogen-bond donors (Lipinski definition) is 4. The number of amides is 4. The molecule has 61 heavy (non-hydrogen) atoms. The number of hydrogen-bond acceptors (Lipinski definition) is 7. The first-order chi connectivity index (χ1) is 29.8. The lowest BCUT2D eigenvalue weighted by Gasteiger charge is -2.28. The quantitative estimate of drug-likeness (QED) is 0.0978. The number of imidazole rings is 2. The van der Waals surface area contributed by atoms with E-state index < -0.39 is 18.2 Å². The molecule has 1 saturated carbocycles. The number of H-pyrrole nitrogens is 2. The van der Waals surface area contributed by atoms with Crippen molar-refractivity contribution in [2.45, 2.75) is 62.7 Å². The smallest absolute Gasteiger partial charge is 0.407 e. The molecule has 4 amide bonds. The van der Waals surface area contributed by atoms with Gasteiger partial charge in [0.25, 0.3) is 5.91 Å². The number of methoxy groups -OCH3 is 1. The Morgan fingerprint density at radius 2 is 1.02 bits per heavy atom. The zero-order valence-corrected chi connectivity index (χ0v) is 33.9. The molecule has 4 aromatic carbocycles. The van der Waals surface area contributed by atoms with Gasteiger partial charge in [-0.15, -0.1) is 0 Å². The van der Waals surface area contributed by atoms with Crippen LogP contribution in [0.4, 0.5) is 4.79 Å². The van der Waals surface area contributed by atoms with E-state index in [4.69, 9.17) is 14.7 Å². The lowest BCUT2D eigenvalue weighted by Crippen LogP contribution is -2.43. The summed E-state index contributed by atoms with van der Waals surface area (Å²) in [6, 6.07) is 33.2. The average molecular weight is 817 g/mol. The van der Waals surface area contributed by atoms with Crippen molar-refractivity contribution in [2.24, 2.45) is 5.92 Å². The summed E-state index contributed by atoms with van der Waals surface area (Å²) in [7, 11) is 1.28. The lowest BCUT2D eigenvalue weighted by atomic mass is 10.0. The highest BCUT2D eigenvalue weighted by Crippen LogP contribution is 2.37. The van der Waals surface area contributed by atoms with Gasteiger partial charge < -0.3 is 35.1 Å². The minimum Gasteiger partial charge on any atom is -0.453 e. The third-order valence-corrected chi connectivity index (χ3v) is 12.1. The number of aromatic nitrogens is 4. The molecule has 2 aromatic heterocycles. The fourth-order valence-electron chi connectivity index (χ4n) is 8.60. The Bertz CT molecular complexity index is 2500. The van der Waals surface area contributed by atoms with E-state index >= 15 is 0 Å². The number of rotatable bonds is 12. The minimum absolute atomic E-state index is 0.00221. The van der Waals surface area contributed by atoms with Crippen LogP contribution in [-0.4, -0.2) is 73.7 Å². The Hall–Kier alpha value is -7.02. The molecule has 1 aliphatic carbocycles. The van der Waals surface area contributed by atoms with Crippen molar-refractivity contribution in [2.75, 3.05) is 20.2 Å². The molecule has 0 spiro atoms. The minimum atomic E-state index is -0.880. The van der Waals surface area contributed by atoms with Crippen molar-refractivity contribution >= 4 is 23.8 Å². The molecule has 4 N–H and O–H groups in total. The number of likely N-dealkylation sites (tertiary alicyclic amines) is 2. The molecular formula is C48H48N8O5. The first-order valence-electron chi connectivity index (χ1n) is 21.0. The number of nitrogens with zero attached hydrogens (tertiary/aromatic N) is 4. The first kappa shape index (κ1) is 39.4. The molecular weight excluding hydrogens is 769 g/mol. The van der Waals surface area contributed by atoms with E-state index in [1.807, 2.05) is 71.8 Å². The number of nitrogens with one attached hydrogen (secondary N) is 4. The van der Waals surface area contributed by atoms with Crippen molar-refractivity contribution < 1.29 is 23.9 Å². The lowest BCUT2D eigenvalue weighted by molar-refractivity contribution is -0.138. The van der Waals surface area contributed by atoms with Crippen LogP contribution >= 0.6 is 0 Å². The molecule has 3 fully saturated rings. The van der Waals surface area contributed by atoms with Crippen LogP contribution in [0.25, 0.3) is 33.6 Å². The molecule has 0 bridgehead atoms. The second kappa shape index (κ2) is 17.3. The third-order valence-electron chi connectivity index (χ3n) is 12.1. The Kier molecular flexibility index (Phi) is 11.2. The van der Waals surface area contributed by atoms with Gasteiger partial charge in [0.15, 0.2) is 0 Å². The number of aromatic amines is 2. The van der Waals surface area contributed by atoms with Crippen LogP contribution in [0.2, 0.25) is 0 Å². The van der Waals surface area contributed by atoms with E-state index in [1.54, 1.807) is 11.1 Å². The second-order valence-electron chi connectivity index (χ2n) is 16.0. The molecule has 13 nitrogen and oxygen atoms in total. The molecule has 3 aliphatic rings. The van der Waals surface area contributed by atoms with Crippen LogP contribution in [0, 0.1) is 5.92 Å². The monoisotopic (exact) mass is 816 g/mol. The van der Waals surface area contributed by atoms with E-state index in [1.165, 1.54) is 7.11 Å². The van der Waals surface area contributed by atoms with Gasteiger partial charge in [-0.3, -0.25) is 14.4 Å². The molecule has 2 aliphatic heterocycles. The Balaban J connectivity index is 0.856. The van der Waals surface area contributed by atoms with Crippen LogP contribution < -0.4 is 10.6 Å². The van der Waals surface area contributed by atoms with Crippen LogP contribution in [-0.2, 0) is 19.1 Å². The molecule has 4 heterocycles. The number of benzene rings is 4. The molecule has 9 rings (SSSR count). The topological polar surface area (TPSA) is 165 Å². The fraction of sp³-hybridized carbons (Fsp3) is 0.292. The van der Waals surface area contributed by atoms with Gasteiger partial charge in [-0.25, -0.2) is 14.8 Å². The van der Waals surface area contributed by atoms with E-state index in [9.17, 15) is 19.2 Å². The summed E-state index contributed by atoms with van der Waals surface area (Å²) in [6.07, 6.45) is 7.91. The van der Waals surface area contributed by atoms with Crippen molar-refractivity contribution in [1.82, 2.24) is 40.4 Å². The van der Waals surface area contributed by atoms with Gasteiger partial charge in [-0.05, 0) is 71.9 Å². The van der Waals surface area contributed by atoms with E-state index in [0.29, 0.717) is 24.5 Å². The van der Waals surface area contributed by atoms with Crippen molar-refractivity contribution in [3.8, 4) is 33.6 Å². The highest BCUT2D eigenvalue weighted by atomic mass is 16.5. The highest BCUT2D eigenvalue weighted by Gasteiger charge is 2.40. The largest absolute Gasteiger partial charge is 0.453 e. The van der Waals surface area contributed by atoms with Crippen LogP contribution in [0.15, 0.2) is 122 Å². The summed E-state index contributed by atoms with van der Waals surface area (Å²) in [5, 5.41) is 5.76. The van der Waals surface area contributed by atoms with Crippen molar-refractivity contribution in [3.63, 3.8) is 0 Å². The fourth-order valence-corrected chi connectivity index (χ4v) is 8.60. The SMILES string of the molecule is COC(=O)N[C@@H](C(=O)N1CCC[C@H]1c1ncc(-c2ccc(-c3ccc(-c4cnc([C@@H]5CCCN5C(=O)[C@H](NC(=O)C5CC5)c5ccccc5)[nH]4)cc3)cc2)[nH]1)c1ccccc1. The molecule has 13 heteroatoms. The van der Waals surface area contributed by atoms with E-state index in [-0.39, 0.29) is 35.7 Å². The van der Waals surface area contributed by atoms with E-state index in [2.05, 4.69) is 69.1 Å². The maximum Gasteiger partial charge on any atom is 0.407 e. The molecule has 2 saturated heterocycles. The van der Waals surface area contributed by atoms with Gasteiger partial charge in [-0.1, -0.05) is 109 Å². The Labute approximate surface area is 354 Å². The summed E-state index contributed by atoms with van der Waals surface area (Å²) in [5.74, 6) is 1.06.